The van der Waals surface area contributed by atoms with Crippen LogP contribution >= 0.6 is 0 Å². The lowest BCUT2D eigenvalue weighted by Crippen LogP contribution is -2.34. The molecular formula is C18H30O7. The average Bonchev–Trinajstić information content (AvgIpc) is 2.92. The Hall–Kier alpha value is -1.18. The Morgan fingerprint density at radius 2 is 1.72 bits per heavy atom. The lowest BCUT2D eigenvalue weighted by atomic mass is 9.85. The van der Waals surface area contributed by atoms with E-state index in [0.29, 0.717) is 19.6 Å². The van der Waals surface area contributed by atoms with Gasteiger partial charge in [0.25, 0.3) is 0 Å². The van der Waals surface area contributed by atoms with Crippen LogP contribution in [-0.2, 0) is 33.3 Å². The zero-order valence-corrected chi connectivity index (χ0v) is 15.4. The molecule has 0 bridgehead atoms. The van der Waals surface area contributed by atoms with Gasteiger partial charge in [-0.05, 0) is 37.5 Å². The zero-order valence-electron chi connectivity index (χ0n) is 15.4. The fraction of sp³-hybridized carbons (Fsp3) is 0.889. The molecule has 2 fully saturated rings. The molecule has 0 aromatic heterocycles. The van der Waals surface area contributed by atoms with Gasteiger partial charge in [0.2, 0.25) is 0 Å². The van der Waals surface area contributed by atoms with Crippen molar-refractivity contribution in [3.8, 4) is 0 Å². The first-order chi connectivity index (χ1) is 12.1. The second-order valence-electron chi connectivity index (χ2n) is 6.81. The fourth-order valence-corrected chi connectivity index (χ4v) is 3.99. The van der Waals surface area contributed by atoms with E-state index in [-0.39, 0.29) is 54.9 Å². The van der Waals surface area contributed by atoms with Crippen molar-refractivity contribution in [2.24, 2.45) is 17.8 Å². The SMILES string of the molecule is COCC1C(OC2CCCCO2)CC(CC(=O)OC)C1CC(=O)OC. The van der Waals surface area contributed by atoms with Crippen LogP contribution in [0.15, 0.2) is 0 Å². The third-order valence-corrected chi connectivity index (χ3v) is 5.28. The lowest BCUT2D eigenvalue weighted by molar-refractivity contribution is -0.198. The summed E-state index contributed by atoms with van der Waals surface area (Å²) in [4.78, 5) is 23.7. The fourth-order valence-electron chi connectivity index (χ4n) is 3.99. The smallest absolute Gasteiger partial charge is 0.305 e. The van der Waals surface area contributed by atoms with E-state index in [9.17, 15) is 9.59 Å². The number of carbonyl (C=O) groups is 2. The first-order valence-corrected chi connectivity index (χ1v) is 8.98. The molecule has 5 atom stereocenters. The molecule has 0 N–H and O–H groups in total. The van der Waals surface area contributed by atoms with Gasteiger partial charge in [-0.15, -0.1) is 0 Å². The highest BCUT2D eigenvalue weighted by Crippen LogP contribution is 2.44. The van der Waals surface area contributed by atoms with Crippen LogP contribution in [0.4, 0.5) is 0 Å². The molecule has 0 amide bonds. The molecule has 144 valence electrons. The number of rotatable bonds is 8. The highest BCUT2D eigenvalue weighted by atomic mass is 16.7. The molecule has 1 saturated heterocycles. The predicted molar refractivity (Wildman–Crippen MR) is 88.7 cm³/mol. The van der Waals surface area contributed by atoms with E-state index in [1.807, 2.05) is 0 Å². The molecule has 1 aliphatic carbocycles. The molecule has 0 aromatic carbocycles. The predicted octanol–water partition coefficient (Wildman–Crippen LogP) is 1.92. The van der Waals surface area contributed by atoms with Crippen LogP contribution in [0.2, 0.25) is 0 Å². The number of esters is 2. The van der Waals surface area contributed by atoms with Crippen LogP contribution in [0.5, 0.6) is 0 Å². The third-order valence-electron chi connectivity index (χ3n) is 5.28. The van der Waals surface area contributed by atoms with Crippen molar-refractivity contribution in [1.82, 2.24) is 0 Å². The Morgan fingerprint density at radius 3 is 2.32 bits per heavy atom. The van der Waals surface area contributed by atoms with Gasteiger partial charge in [-0.2, -0.15) is 0 Å². The molecule has 1 heterocycles. The maximum Gasteiger partial charge on any atom is 0.305 e. The van der Waals surface area contributed by atoms with Crippen LogP contribution in [-0.4, -0.2) is 58.9 Å². The molecule has 0 spiro atoms. The Bertz CT molecular complexity index is 433. The molecule has 0 radical (unpaired) electrons. The molecule has 5 unspecified atom stereocenters. The van der Waals surface area contributed by atoms with E-state index >= 15 is 0 Å². The maximum absolute atomic E-state index is 11.9. The van der Waals surface area contributed by atoms with Crippen molar-refractivity contribution in [1.29, 1.82) is 0 Å². The summed E-state index contributed by atoms with van der Waals surface area (Å²) in [6, 6.07) is 0. The third kappa shape index (κ3) is 5.66. The van der Waals surface area contributed by atoms with Crippen LogP contribution < -0.4 is 0 Å². The first kappa shape index (κ1) is 20.1. The zero-order chi connectivity index (χ0) is 18.2. The molecule has 7 nitrogen and oxygen atoms in total. The summed E-state index contributed by atoms with van der Waals surface area (Å²) in [5.41, 5.74) is 0. The van der Waals surface area contributed by atoms with E-state index < -0.39 is 0 Å². The summed E-state index contributed by atoms with van der Waals surface area (Å²) >= 11 is 0. The van der Waals surface area contributed by atoms with Gasteiger partial charge in [-0.3, -0.25) is 9.59 Å². The quantitative estimate of drug-likeness (QED) is 0.613. The minimum atomic E-state index is -0.282. The van der Waals surface area contributed by atoms with Crippen molar-refractivity contribution in [3.63, 3.8) is 0 Å². The van der Waals surface area contributed by atoms with E-state index in [0.717, 1.165) is 19.3 Å². The van der Waals surface area contributed by atoms with Gasteiger partial charge in [0, 0.05) is 32.5 Å². The van der Waals surface area contributed by atoms with Gasteiger partial charge in [0.15, 0.2) is 6.29 Å². The largest absolute Gasteiger partial charge is 0.469 e. The number of carbonyl (C=O) groups excluding carboxylic acids is 2. The maximum atomic E-state index is 11.9. The van der Waals surface area contributed by atoms with Crippen LogP contribution in [0.1, 0.15) is 38.5 Å². The van der Waals surface area contributed by atoms with Gasteiger partial charge in [-0.1, -0.05) is 0 Å². The molecule has 1 saturated carbocycles. The Balaban J connectivity index is 2.10. The summed E-state index contributed by atoms with van der Waals surface area (Å²) < 4.78 is 26.9. The van der Waals surface area contributed by atoms with Gasteiger partial charge < -0.3 is 23.7 Å². The number of methoxy groups -OCH3 is 3. The summed E-state index contributed by atoms with van der Waals surface area (Å²) in [5.74, 6) is -0.578. The number of hydrogen-bond acceptors (Lipinski definition) is 7. The second kappa shape index (κ2) is 10.1. The first-order valence-electron chi connectivity index (χ1n) is 8.98. The van der Waals surface area contributed by atoms with Crippen molar-refractivity contribution >= 4 is 11.9 Å². The Kier molecular flexibility index (Phi) is 8.12. The monoisotopic (exact) mass is 358 g/mol. The van der Waals surface area contributed by atoms with Gasteiger partial charge in [0.1, 0.15) is 0 Å². The molecule has 2 aliphatic rings. The molecule has 0 aromatic rings. The van der Waals surface area contributed by atoms with Gasteiger partial charge in [-0.25, -0.2) is 0 Å². The summed E-state index contributed by atoms with van der Waals surface area (Å²) in [6.07, 6.45) is 3.90. The van der Waals surface area contributed by atoms with Crippen LogP contribution in [0.3, 0.4) is 0 Å². The van der Waals surface area contributed by atoms with Crippen LogP contribution in [0.25, 0.3) is 0 Å². The van der Waals surface area contributed by atoms with Gasteiger partial charge in [0.05, 0.1) is 26.9 Å². The van der Waals surface area contributed by atoms with Gasteiger partial charge >= 0.3 is 11.9 Å². The summed E-state index contributed by atoms with van der Waals surface area (Å²) in [7, 11) is 4.39. The number of ether oxygens (including phenoxy) is 5. The van der Waals surface area contributed by atoms with Crippen molar-refractivity contribution in [2.45, 2.75) is 50.9 Å². The number of hydrogen-bond donors (Lipinski definition) is 0. The highest BCUT2D eigenvalue weighted by molar-refractivity contribution is 5.71. The van der Waals surface area contributed by atoms with E-state index in [2.05, 4.69) is 0 Å². The summed E-state index contributed by atoms with van der Waals surface area (Å²) in [5, 5.41) is 0. The standard InChI is InChI=1S/C18H30O7/c1-21-11-14-13(10-17(20)23-3)12(9-16(19)22-2)8-15(14)25-18-6-4-5-7-24-18/h12-15,18H,4-11H2,1-3H3. The van der Waals surface area contributed by atoms with Crippen LogP contribution in [0, 0.1) is 17.8 Å². The molecule has 1 aliphatic heterocycles. The minimum Gasteiger partial charge on any atom is -0.469 e. The second-order valence-corrected chi connectivity index (χ2v) is 6.81. The minimum absolute atomic E-state index is 0.000269. The molecule has 2 rings (SSSR count). The Morgan fingerprint density at radius 1 is 1.00 bits per heavy atom. The molecule has 7 heteroatoms. The van der Waals surface area contributed by atoms with Crippen molar-refractivity contribution in [2.75, 3.05) is 34.5 Å². The average molecular weight is 358 g/mol. The normalized spacial score (nSPS) is 32.4. The Labute approximate surface area is 149 Å². The summed E-state index contributed by atoms with van der Waals surface area (Å²) in [6.45, 7) is 1.18. The van der Waals surface area contributed by atoms with Crippen molar-refractivity contribution in [3.05, 3.63) is 0 Å². The van der Waals surface area contributed by atoms with E-state index in [1.54, 1.807) is 7.11 Å². The van der Waals surface area contributed by atoms with E-state index in [1.165, 1.54) is 14.2 Å². The van der Waals surface area contributed by atoms with Crippen molar-refractivity contribution < 1.29 is 33.3 Å². The molecule has 25 heavy (non-hydrogen) atoms. The highest BCUT2D eigenvalue weighted by Gasteiger charge is 2.46. The lowest BCUT2D eigenvalue weighted by Gasteiger charge is -2.30. The topological polar surface area (TPSA) is 80.3 Å². The molecular weight excluding hydrogens is 328 g/mol. The van der Waals surface area contributed by atoms with E-state index in [4.69, 9.17) is 23.7 Å².